The molecule has 0 aliphatic heterocycles. The van der Waals surface area contributed by atoms with E-state index in [1.54, 1.807) is 0 Å². The third-order valence-electron chi connectivity index (χ3n) is 2.47. The van der Waals surface area contributed by atoms with E-state index in [0.717, 1.165) is 11.1 Å². The monoisotopic (exact) mass is 358 g/mol. The summed E-state index contributed by atoms with van der Waals surface area (Å²) in [4.78, 5) is 11.6. The van der Waals surface area contributed by atoms with Crippen LogP contribution in [-0.4, -0.2) is 33.5 Å². The lowest BCUT2D eigenvalue weighted by Gasteiger charge is -2.14. The molecule has 0 amide bonds. The number of halogens is 4. The summed E-state index contributed by atoms with van der Waals surface area (Å²) in [5, 5.41) is 7.98. The van der Waals surface area contributed by atoms with Crippen molar-refractivity contribution >= 4 is 52.4 Å². The van der Waals surface area contributed by atoms with Crippen LogP contribution in [0.25, 0.3) is 0 Å². The first-order chi connectivity index (χ1) is 9.31. The van der Waals surface area contributed by atoms with Gasteiger partial charge in [-0.2, -0.15) is 0 Å². The number of carbonyl (C=O) groups excluding carboxylic acids is 1. The normalized spacial score (nSPS) is 13.1. The van der Waals surface area contributed by atoms with Crippen LogP contribution in [0.5, 0.6) is 0 Å². The Bertz CT molecular complexity index is 428. The molecule has 1 unspecified atom stereocenters. The highest BCUT2D eigenvalue weighted by atomic mass is 35.6. The third-order valence-corrected chi connectivity index (χ3v) is 3.13. The van der Waals surface area contributed by atoms with E-state index in [4.69, 9.17) is 56.2 Å². The maximum atomic E-state index is 11.6. The number of hydrogen-bond acceptors (Lipinski definition) is 3. The van der Waals surface area contributed by atoms with Crippen LogP contribution in [0.15, 0.2) is 24.3 Å². The smallest absolute Gasteiger partial charge is 0.324 e. The summed E-state index contributed by atoms with van der Waals surface area (Å²) >= 11 is 22.4. The van der Waals surface area contributed by atoms with E-state index < -0.39 is 15.1 Å². The molecule has 1 aromatic carbocycles. The molecule has 0 bridgehead atoms. The van der Waals surface area contributed by atoms with Gasteiger partial charge in [-0.05, 0) is 24.0 Å². The van der Waals surface area contributed by atoms with Gasteiger partial charge in [0.1, 0.15) is 12.0 Å². The van der Waals surface area contributed by atoms with Gasteiger partial charge >= 0.3 is 5.97 Å². The Labute approximate surface area is 137 Å². The van der Waals surface area contributed by atoms with E-state index in [-0.39, 0.29) is 13.2 Å². The zero-order valence-corrected chi connectivity index (χ0v) is 13.5. The molecule has 0 heterocycles. The third kappa shape index (κ3) is 7.00. The summed E-state index contributed by atoms with van der Waals surface area (Å²) in [6.07, 6.45) is 0.912. The Balaban J connectivity index is 2.48. The maximum Gasteiger partial charge on any atom is 0.324 e. The van der Waals surface area contributed by atoms with Gasteiger partial charge in [0.2, 0.25) is 3.79 Å². The second-order valence-corrected chi connectivity index (χ2v) is 7.23. The summed E-state index contributed by atoms with van der Waals surface area (Å²) in [5.41, 5.74) is 1.90. The average molecular weight is 360 g/mol. The molecule has 0 spiro atoms. The van der Waals surface area contributed by atoms with Crippen LogP contribution in [0.4, 0.5) is 0 Å². The first-order valence-corrected chi connectivity index (χ1v) is 7.45. The summed E-state index contributed by atoms with van der Waals surface area (Å²) in [6.45, 7) is -0.240. The number of aliphatic hydroxyl groups excluding tert-OH is 1. The van der Waals surface area contributed by atoms with Crippen LogP contribution in [0.3, 0.4) is 0 Å². The number of hydrogen-bond donors (Lipinski definition) is 1. The molecule has 3 nitrogen and oxygen atoms in total. The lowest BCUT2D eigenvalue weighted by molar-refractivity contribution is -0.143. The van der Waals surface area contributed by atoms with Gasteiger partial charge in [0.15, 0.2) is 0 Å². The van der Waals surface area contributed by atoms with Gasteiger partial charge < -0.3 is 9.84 Å². The topological polar surface area (TPSA) is 46.5 Å². The number of rotatable bonds is 6. The number of alkyl halides is 4. The van der Waals surface area contributed by atoms with Gasteiger partial charge in [-0.15, -0.1) is 11.6 Å². The largest absolute Gasteiger partial charge is 0.460 e. The Morgan fingerprint density at radius 3 is 2.25 bits per heavy atom. The van der Waals surface area contributed by atoms with E-state index in [2.05, 4.69) is 0 Å². The molecule has 0 aliphatic rings. The van der Waals surface area contributed by atoms with Crippen LogP contribution in [0, 0.1) is 0 Å². The van der Waals surface area contributed by atoms with Gasteiger partial charge in [-0.25, -0.2) is 0 Å². The number of carbonyl (C=O) groups is 1. The Hall–Kier alpha value is -0.190. The van der Waals surface area contributed by atoms with Crippen LogP contribution < -0.4 is 0 Å². The van der Waals surface area contributed by atoms with Crippen molar-refractivity contribution in [3.63, 3.8) is 0 Å². The Kier molecular flexibility index (Phi) is 7.41. The van der Waals surface area contributed by atoms with E-state index in [0.29, 0.717) is 12.8 Å². The molecule has 7 heteroatoms. The van der Waals surface area contributed by atoms with Crippen molar-refractivity contribution in [1.29, 1.82) is 0 Å². The molecular weight excluding hydrogens is 346 g/mol. The molecule has 1 aromatic rings. The SMILES string of the molecule is O=C(OCC(Cl)(Cl)Cl)C(Cl)Cc1ccc(CCO)cc1. The number of benzene rings is 1. The molecule has 0 aromatic heterocycles. The molecule has 0 fully saturated rings. The maximum absolute atomic E-state index is 11.6. The lowest BCUT2D eigenvalue weighted by Crippen LogP contribution is -2.25. The van der Waals surface area contributed by atoms with Crippen molar-refractivity contribution in [3.05, 3.63) is 35.4 Å². The predicted octanol–water partition coefficient (Wildman–Crippen LogP) is 3.28. The predicted molar refractivity (Wildman–Crippen MR) is 81.8 cm³/mol. The van der Waals surface area contributed by atoms with E-state index in [9.17, 15) is 4.79 Å². The minimum atomic E-state index is -1.64. The number of esters is 1. The van der Waals surface area contributed by atoms with Crippen LogP contribution in [0.1, 0.15) is 11.1 Å². The Morgan fingerprint density at radius 1 is 1.20 bits per heavy atom. The summed E-state index contributed by atoms with van der Waals surface area (Å²) < 4.78 is 3.16. The molecule has 1 rings (SSSR count). The van der Waals surface area contributed by atoms with E-state index in [1.807, 2.05) is 24.3 Å². The highest BCUT2D eigenvalue weighted by Gasteiger charge is 2.25. The number of ether oxygens (including phenoxy) is 1. The molecule has 1 atom stereocenters. The summed E-state index contributed by atoms with van der Waals surface area (Å²) in [6, 6.07) is 7.45. The van der Waals surface area contributed by atoms with Crippen molar-refractivity contribution in [2.45, 2.75) is 22.0 Å². The molecule has 0 aliphatic carbocycles. The van der Waals surface area contributed by atoms with Crippen LogP contribution in [0.2, 0.25) is 0 Å². The van der Waals surface area contributed by atoms with Gasteiger partial charge in [0.25, 0.3) is 0 Å². The summed E-state index contributed by atoms with van der Waals surface area (Å²) in [5.74, 6) is -0.627. The van der Waals surface area contributed by atoms with Gasteiger partial charge in [-0.1, -0.05) is 59.1 Å². The summed E-state index contributed by atoms with van der Waals surface area (Å²) in [7, 11) is 0. The highest BCUT2D eigenvalue weighted by molar-refractivity contribution is 6.67. The van der Waals surface area contributed by atoms with Crippen LogP contribution >= 0.6 is 46.4 Å². The molecule has 112 valence electrons. The van der Waals surface area contributed by atoms with Crippen LogP contribution in [-0.2, 0) is 22.4 Å². The molecule has 0 saturated heterocycles. The first kappa shape index (κ1) is 17.9. The second kappa shape index (κ2) is 8.30. The van der Waals surface area contributed by atoms with Crippen molar-refractivity contribution in [2.24, 2.45) is 0 Å². The standard InChI is InChI=1S/C13H14Cl4O3/c14-11(12(19)20-8-13(15,16)17)7-10-3-1-9(2-4-10)5-6-18/h1-4,11,18H,5-8H2. The minimum Gasteiger partial charge on any atom is -0.460 e. The highest BCUT2D eigenvalue weighted by Crippen LogP contribution is 2.26. The fourth-order valence-electron chi connectivity index (χ4n) is 1.50. The average Bonchev–Trinajstić information content (AvgIpc) is 2.37. The van der Waals surface area contributed by atoms with Crippen molar-refractivity contribution < 1.29 is 14.6 Å². The first-order valence-electron chi connectivity index (χ1n) is 5.88. The minimum absolute atomic E-state index is 0.0980. The number of aliphatic hydroxyl groups is 1. The molecule has 0 saturated carbocycles. The van der Waals surface area contributed by atoms with E-state index >= 15 is 0 Å². The van der Waals surface area contributed by atoms with Crippen molar-refractivity contribution in [1.82, 2.24) is 0 Å². The zero-order chi connectivity index (χ0) is 15.2. The fraction of sp³-hybridized carbons (Fsp3) is 0.462. The quantitative estimate of drug-likeness (QED) is 0.626. The molecule has 0 radical (unpaired) electrons. The van der Waals surface area contributed by atoms with Gasteiger partial charge in [0, 0.05) is 6.61 Å². The second-order valence-electron chi connectivity index (χ2n) is 4.18. The van der Waals surface area contributed by atoms with Gasteiger partial charge in [-0.3, -0.25) is 4.79 Å². The van der Waals surface area contributed by atoms with E-state index in [1.165, 1.54) is 0 Å². The molecular formula is C13H14Cl4O3. The van der Waals surface area contributed by atoms with Gasteiger partial charge in [0.05, 0.1) is 0 Å². The Morgan fingerprint density at radius 2 is 1.75 bits per heavy atom. The lowest BCUT2D eigenvalue weighted by atomic mass is 10.1. The van der Waals surface area contributed by atoms with Crippen molar-refractivity contribution in [2.75, 3.05) is 13.2 Å². The fourth-order valence-corrected chi connectivity index (χ4v) is 1.91. The van der Waals surface area contributed by atoms with Crippen molar-refractivity contribution in [3.8, 4) is 0 Å². The molecule has 20 heavy (non-hydrogen) atoms. The zero-order valence-electron chi connectivity index (χ0n) is 10.5. The molecule has 1 N–H and O–H groups in total.